The second kappa shape index (κ2) is 9.83. The second-order valence-corrected chi connectivity index (χ2v) is 10.1. The van der Waals surface area contributed by atoms with Gasteiger partial charge in [-0.3, -0.25) is 4.79 Å². The van der Waals surface area contributed by atoms with Gasteiger partial charge in [-0.25, -0.2) is 13.1 Å². The minimum absolute atomic E-state index is 0.0933. The van der Waals surface area contributed by atoms with Gasteiger partial charge in [-0.15, -0.1) is 0 Å². The summed E-state index contributed by atoms with van der Waals surface area (Å²) in [6.07, 6.45) is 4.05. The van der Waals surface area contributed by atoms with E-state index >= 15 is 0 Å². The Kier molecular flexibility index (Phi) is 7.38. The van der Waals surface area contributed by atoms with Crippen LogP contribution in [0.5, 0.6) is 5.75 Å². The monoisotopic (exact) mass is 444 g/mol. The number of ether oxygens (including phenoxy) is 1. The van der Waals surface area contributed by atoms with Crippen LogP contribution in [-0.2, 0) is 16.4 Å². The lowest BCUT2D eigenvalue weighted by Crippen LogP contribution is -2.38. The average Bonchev–Trinajstić information content (AvgIpc) is 2.79. The Morgan fingerprint density at radius 3 is 2.35 bits per heavy atom. The molecule has 2 aromatic rings. The molecule has 0 spiro atoms. The number of carbonyl (C=O) groups is 1. The number of carbonyl (C=O) groups excluding carboxylic acids is 1. The topological polar surface area (TPSA) is 75.7 Å². The molecule has 0 aliphatic carbocycles. The maximum Gasteiger partial charge on any atom is 0.253 e. The zero-order valence-electron chi connectivity index (χ0n) is 18.8. The zero-order chi connectivity index (χ0) is 22.6. The molecule has 2 aromatic carbocycles. The van der Waals surface area contributed by atoms with Gasteiger partial charge in [-0.2, -0.15) is 0 Å². The van der Waals surface area contributed by atoms with Crippen LogP contribution in [0.25, 0.3) is 0 Å². The molecule has 0 aromatic heterocycles. The average molecular weight is 445 g/mol. The molecule has 0 bridgehead atoms. The molecule has 0 radical (unpaired) electrons. The highest BCUT2D eigenvalue weighted by atomic mass is 32.2. The summed E-state index contributed by atoms with van der Waals surface area (Å²) in [5.41, 5.74) is 3.21. The summed E-state index contributed by atoms with van der Waals surface area (Å²) < 4.78 is 32.3. The van der Waals surface area contributed by atoms with E-state index < -0.39 is 10.0 Å². The molecule has 0 saturated carbocycles. The van der Waals surface area contributed by atoms with E-state index in [1.165, 1.54) is 18.7 Å². The van der Waals surface area contributed by atoms with Gasteiger partial charge in [0.1, 0.15) is 5.75 Å². The van der Waals surface area contributed by atoms with Gasteiger partial charge in [-0.1, -0.05) is 12.1 Å². The SMILES string of the molecule is CNS(=O)(=O)c1cc(C(=O)N2CCC(CCc3ccc(OC)cc3)CC2)cc(C)c1C. The van der Waals surface area contributed by atoms with Crippen molar-refractivity contribution in [2.24, 2.45) is 5.92 Å². The number of amides is 1. The predicted octanol–water partition coefficient (Wildman–Crippen LogP) is 3.71. The lowest BCUT2D eigenvalue weighted by Gasteiger charge is -2.32. The van der Waals surface area contributed by atoms with Gasteiger partial charge in [0, 0.05) is 18.7 Å². The standard InChI is InChI=1S/C24H32N2O4S/c1-17-15-21(16-23(18(17)2)31(28,29)25-3)24(27)26-13-11-20(12-14-26)6-5-19-7-9-22(30-4)10-8-19/h7-10,15-16,20,25H,5-6,11-14H2,1-4H3. The van der Waals surface area contributed by atoms with Crippen molar-refractivity contribution in [3.05, 3.63) is 58.7 Å². The first kappa shape index (κ1) is 23.3. The van der Waals surface area contributed by atoms with Crippen molar-refractivity contribution in [2.75, 3.05) is 27.2 Å². The molecule has 1 aliphatic rings. The third kappa shape index (κ3) is 5.46. The summed E-state index contributed by atoms with van der Waals surface area (Å²) in [5.74, 6) is 1.36. The van der Waals surface area contributed by atoms with E-state index in [-0.39, 0.29) is 10.8 Å². The van der Waals surface area contributed by atoms with Gasteiger partial charge in [0.15, 0.2) is 0 Å². The number of nitrogens with one attached hydrogen (secondary N) is 1. The summed E-state index contributed by atoms with van der Waals surface area (Å²) in [5, 5.41) is 0. The van der Waals surface area contributed by atoms with Gasteiger partial charge < -0.3 is 9.64 Å². The number of sulfonamides is 1. The fraction of sp³-hybridized carbons (Fsp3) is 0.458. The molecule has 168 valence electrons. The summed E-state index contributed by atoms with van der Waals surface area (Å²) >= 11 is 0. The summed E-state index contributed by atoms with van der Waals surface area (Å²) in [7, 11) is -0.560. The highest BCUT2D eigenvalue weighted by molar-refractivity contribution is 7.89. The maximum absolute atomic E-state index is 13.1. The second-order valence-electron chi connectivity index (χ2n) is 8.25. The minimum atomic E-state index is -3.61. The van der Waals surface area contributed by atoms with Crippen LogP contribution >= 0.6 is 0 Å². The Bertz CT molecular complexity index is 1020. The van der Waals surface area contributed by atoms with Crippen LogP contribution in [0.2, 0.25) is 0 Å². The molecular formula is C24H32N2O4S. The number of methoxy groups -OCH3 is 1. The fourth-order valence-corrected chi connectivity index (χ4v) is 5.18. The first-order valence-electron chi connectivity index (χ1n) is 10.7. The molecule has 1 saturated heterocycles. The lowest BCUT2D eigenvalue weighted by molar-refractivity contribution is 0.0686. The number of aryl methyl sites for hydroxylation is 2. The summed E-state index contributed by atoms with van der Waals surface area (Å²) in [4.78, 5) is 15.1. The van der Waals surface area contributed by atoms with Crippen molar-refractivity contribution in [1.82, 2.24) is 9.62 Å². The Hall–Kier alpha value is -2.38. The van der Waals surface area contributed by atoms with E-state index in [4.69, 9.17) is 4.74 Å². The number of piperidine rings is 1. The van der Waals surface area contributed by atoms with Crippen molar-refractivity contribution >= 4 is 15.9 Å². The molecule has 0 unspecified atom stereocenters. The van der Waals surface area contributed by atoms with E-state index in [2.05, 4.69) is 16.9 Å². The van der Waals surface area contributed by atoms with Gasteiger partial charge in [0.25, 0.3) is 5.91 Å². The summed E-state index contributed by atoms with van der Waals surface area (Å²) in [6.45, 7) is 5.01. The number of nitrogens with zero attached hydrogens (tertiary/aromatic N) is 1. The van der Waals surface area contributed by atoms with Crippen molar-refractivity contribution in [2.45, 2.75) is 44.4 Å². The third-order valence-corrected chi connectivity index (χ3v) is 7.87. The largest absolute Gasteiger partial charge is 0.497 e. The lowest BCUT2D eigenvalue weighted by atomic mass is 9.90. The first-order chi connectivity index (χ1) is 14.7. The van der Waals surface area contributed by atoms with E-state index in [9.17, 15) is 13.2 Å². The van der Waals surface area contributed by atoms with Gasteiger partial charge in [-0.05, 0) is 93.5 Å². The van der Waals surface area contributed by atoms with Crippen LogP contribution in [0, 0.1) is 19.8 Å². The Balaban J connectivity index is 1.61. The molecule has 1 N–H and O–H groups in total. The van der Waals surface area contributed by atoms with E-state index in [1.807, 2.05) is 24.0 Å². The first-order valence-corrected chi connectivity index (χ1v) is 12.2. The maximum atomic E-state index is 13.1. The van der Waals surface area contributed by atoms with Crippen LogP contribution < -0.4 is 9.46 Å². The number of rotatable bonds is 7. The van der Waals surface area contributed by atoms with Crippen LogP contribution in [0.1, 0.15) is 46.3 Å². The molecule has 31 heavy (non-hydrogen) atoms. The quantitative estimate of drug-likeness (QED) is 0.706. The van der Waals surface area contributed by atoms with E-state index in [0.717, 1.165) is 37.0 Å². The Labute approximate surface area is 185 Å². The third-order valence-electron chi connectivity index (χ3n) is 6.33. The zero-order valence-corrected chi connectivity index (χ0v) is 19.6. The summed E-state index contributed by atoms with van der Waals surface area (Å²) in [6, 6.07) is 11.5. The normalized spacial score (nSPS) is 15.2. The van der Waals surface area contributed by atoms with Crippen molar-refractivity contribution < 1.29 is 17.9 Å². The molecule has 1 amide bonds. The van der Waals surface area contributed by atoms with Crippen LogP contribution in [0.4, 0.5) is 0 Å². The van der Waals surface area contributed by atoms with E-state index in [0.29, 0.717) is 30.1 Å². The fourth-order valence-electron chi connectivity index (χ4n) is 4.11. The van der Waals surface area contributed by atoms with Crippen molar-refractivity contribution in [3.63, 3.8) is 0 Å². The van der Waals surface area contributed by atoms with Gasteiger partial charge in [0.2, 0.25) is 10.0 Å². The van der Waals surface area contributed by atoms with E-state index in [1.54, 1.807) is 20.1 Å². The van der Waals surface area contributed by atoms with Crippen molar-refractivity contribution in [3.8, 4) is 5.75 Å². The van der Waals surface area contributed by atoms with Crippen LogP contribution in [0.3, 0.4) is 0 Å². The molecule has 3 rings (SSSR count). The van der Waals surface area contributed by atoms with Crippen LogP contribution in [-0.4, -0.2) is 46.5 Å². The van der Waals surface area contributed by atoms with Gasteiger partial charge in [0.05, 0.1) is 12.0 Å². The molecular weight excluding hydrogens is 412 g/mol. The molecule has 0 atom stereocenters. The predicted molar refractivity (Wildman–Crippen MR) is 122 cm³/mol. The van der Waals surface area contributed by atoms with Crippen LogP contribution in [0.15, 0.2) is 41.3 Å². The molecule has 7 heteroatoms. The Morgan fingerprint density at radius 2 is 1.77 bits per heavy atom. The highest BCUT2D eigenvalue weighted by Crippen LogP contribution is 2.26. The molecule has 1 fully saturated rings. The van der Waals surface area contributed by atoms with Crippen molar-refractivity contribution in [1.29, 1.82) is 0 Å². The number of likely N-dealkylation sites (tertiary alicyclic amines) is 1. The molecule has 1 heterocycles. The number of hydrogen-bond donors (Lipinski definition) is 1. The molecule has 1 aliphatic heterocycles. The smallest absolute Gasteiger partial charge is 0.253 e. The number of benzene rings is 2. The van der Waals surface area contributed by atoms with Gasteiger partial charge >= 0.3 is 0 Å². The minimum Gasteiger partial charge on any atom is -0.497 e. The highest BCUT2D eigenvalue weighted by Gasteiger charge is 2.26. The molecule has 6 nitrogen and oxygen atoms in total. The Morgan fingerprint density at radius 1 is 1.13 bits per heavy atom. The number of hydrogen-bond acceptors (Lipinski definition) is 4.